The fourth-order valence-electron chi connectivity index (χ4n) is 2.94. The Hall–Kier alpha value is -0.900. The van der Waals surface area contributed by atoms with Crippen molar-refractivity contribution < 1.29 is 5.11 Å². The highest BCUT2D eigenvalue weighted by atomic mass is 16.3. The Balaban J connectivity index is 1.96. The van der Waals surface area contributed by atoms with Crippen LogP contribution in [0.2, 0.25) is 0 Å². The minimum atomic E-state index is -0.778. The lowest BCUT2D eigenvalue weighted by molar-refractivity contribution is 0.00282. The Morgan fingerprint density at radius 2 is 1.84 bits per heavy atom. The molecule has 1 atom stereocenters. The zero-order valence-corrected chi connectivity index (χ0v) is 12.3. The fraction of sp³-hybridized carbons (Fsp3) is 0.625. The first-order valence-corrected chi connectivity index (χ1v) is 7.16. The monoisotopic (exact) mass is 262 g/mol. The van der Waals surface area contributed by atoms with E-state index in [9.17, 15) is 5.11 Å². The molecule has 1 saturated heterocycles. The summed E-state index contributed by atoms with van der Waals surface area (Å²) in [7, 11) is 4.31. The quantitative estimate of drug-likeness (QED) is 0.898. The van der Waals surface area contributed by atoms with Crippen LogP contribution in [0.5, 0.6) is 0 Å². The molecule has 1 aliphatic heterocycles. The van der Waals surface area contributed by atoms with Gasteiger partial charge in [-0.2, -0.15) is 0 Å². The molecule has 1 aliphatic rings. The number of hydrogen-bond donors (Lipinski definition) is 1. The lowest BCUT2D eigenvalue weighted by Gasteiger charge is -2.38. The minimum Gasteiger partial charge on any atom is -0.384 e. The maximum Gasteiger partial charge on any atom is 0.0994 e. The molecule has 1 fully saturated rings. The van der Waals surface area contributed by atoms with E-state index in [1.54, 1.807) is 0 Å². The van der Waals surface area contributed by atoms with Gasteiger partial charge in [0.2, 0.25) is 0 Å². The van der Waals surface area contributed by atoms with Crippen LogP contribution in [0.15, 0.2) is 30.3 Å². The van der Waals surface area contributed by atoms with Crippen LogP contribution in [-0.2, 0) is 5.60 Å². The molecule has 19 heavy (non-hydrogen) atoms. The number of aliphatic hydroxyl groups is 1. The zero-order valence-electron chi connectivity index (χ0n) is 12.3. The van der Waals surface area contributed by atoms with Crippen LogP contribution in [0.1, 0.15) is 25.3 Å². The van der Waals surface area contributed by atoms with Crippen LogP contribution >= 0.6 is 0 Å². The number of likely N-dealkylation sites (tertiary alicyclic amines) is 1. The molecule has 0 radical (unpaired) electrons. The third kappa shape index (κ3) is 3.78. The van der Waals surface area contributed by atoms with Crippen molar-refractivity contribution >= 4 is 0 Å². The van der Waals surface area contributed by atoms with E-state index in [-0.39, 0.29) is 0 Å². The van der Waals surface area contributed by atoms with E-state index < -0.39 is 5.60 Å². The number of hydrogen-bond acceptors (Lipinski definition) is 3. The lowest BCUT2D eigenvalue weighted by atomic mass is 9.94. The van der Waals surface area contributed by atoms with Crippen molar-refractivity contribution in [3.8, 4) is 0 Å². The van der Waals surface area contributed by atoms with Gasteiger partial charge in [0.05, 0.1) is 5.60 Å². The minimum absolute atomic E-state index is 0.589. The van der Waals surface area contributed by atoms with Gasteiger partial charge in [0.25, 0.3) is 0 Å². The summed E-state index contributed by atoms with van der Waals surface area (Å²) in [4.78, 5) is 4.69. The summed E-state index contributed by atoms with van der Waals surface area (Å²) in [6, 6.07) is 10.6. The van der Waals surface area contributed by atoms with E-state index in [0.717, 1.165) is 18.7 Å². The van der Waals surface area contributed by atoms with E-state index in [1.165, 1.54) is 12.8 Å². The number of rotatable bonds is 4. The van der Waals surface area contributed by atoms with Gasteiger partial charge in [0, 0.05) is 12.6 Å². The molecule has 3 heteroatoms. The first-order chi connectivity index (χ1) is 8.99. The molecule has 0 saturated carbocycles. The van der Waals surface area contributed by atoms with Gasteiger partial charge < -0.3 is 14.9 Å². The summed E-state index contributed by atoms with van der Waals surface area (Å²) in [5.74, 6) is 0. The summed E-state index contributed by atoms with van der Waals surface area (Å²) >= 11 is 0. The fourth-order valence-corrected chi connectivity index (χ4v) is 2.94. The number of piperidine rings is 1. The molecule has 0 aliphatic carbocycles. The number of nitrogens with zero attached hydrogens (tertiary/aromatic N) is 2. The van der Waals surface area contributed by atoms with Crippen LogP contribution in [0.4, 0.5) is 0 Å². The molecule has 2 rings (SSSR count). The van der Waals surface area contributed by atoms with Gasteiger partial charge in [-0.25, -0.2) is 0 Å². The van der Waals surface area contributed by atoms with Crippen molar-refractivity contribution in [3.63, 3.8) is 0 Å². The molecular weight excluding hydrogens is 236 g/mol. The molecular formula is C16H26N2O. The number of likely N-dealkylation sites (N-methyl/N-ethyl adjacent to an activating group) is 1. The van der Waals surface area contributed by atoms with Gasteiger partial charge in [-0.1, -0.05) is 30.3 Å². The van der Waals surface area contributed by atoms with E-state index in [2.05, 4.69) is 23.9 Å². The van der Waals surface area contributed by atoms with Crippen molar-refractivity contribution in [1.82, 2.24) is 9.80 Å². The highest BCUT2D eigenvalue weighted by molar-refractivity contribution is 5.21. The summed E-state index contributed by atoms with van der Waals surface area (Å²) in [5, 5.41) is 10.7. The molecule has 106 valence electrons. The normalized spacial score (nSPS) is 21.5. The van der Waals surface area contributed by atoms with Crippen molar-refractivity contribution in [2.75, 3.05) is 33.7 Å². The molecule has 1 aromatic rings. The Labute approximate surface area is 116 Å². The van der Waals surface area contributed by atoms with Crippen LogP contribution in [0.25, 0.3) is 0 Å². The summed E-state index contributed by atoms with van der Waals surface area (Å²) < 4.78 is 0. The second kappa shape index (κ2) is 6.04. The van der Waals surface area contributed by atoms with E-state index in [4.69, 9.17) is 0 Å². The van der Waals surface area contributed by atoms with Gasteiger partial charge in [-0.15, -0.1) is 0 Å². The first-order valence-electron chi connectivity index (χ1n) is 7.16. The third-order valence-corrected chi connectivity index (χ3v) is 4.26. The maximum absolute atomic E-state index is 10.7. The SMILES string of the molecule is CN1CCC(N(C)CC(C)(O)c2ccccc2)CC1. The highest BCUT2D eigenvalue weighted by Crippen LogP contribution is 2.24. The standard InChI is InChI=1S/C16H26N2O/c1-16(19,14-7-5-4-6-8-14)13-18(3)15-9-11-17(2)12-10-15/h4-8,15,19H,9-13H2,1-3H3. The average Bonchev–Trinajstić information content (AvgIpc) is 2.40. The molecule has 0 spiro atoms. The first kappa shape index (κ1) is 14.5. The van der Waals surface area contributed by atoms with Crippen LogP contribution in [-0.4, -0.2) is 54.7 Å². The molecule has 3 nitrogen and oxygen atoms in total. The molecule has 0 amide bonds. The second-order valence-electron chi connectivity index (χ2n) is 6.09. The molecule has 0 bridgehead atoms. The Morgan fingerprint density at radius 1 is 1.26 bits per heavy atom. The van der Waals surface area contributed by atoms with Gasteiger partial charge in [0.1, 0.15) is 0 Å². The lowest BCUT2D eigenvalue weighted by Crippen LogP contribution is -2.46. The Morgan fingerprint density at radius 3 is 2.42 bits per heavy atom. The van der Waals surface area contributed by atoms with Crippen LogP contribution in [0, 0.1) is 0 Å². The van der Waals surface area contributed by atoms with Crippen molar-refractivity contribution in [2.24, 2.45) is 0 Å². The van der Waals surface area contributed by atoms with Gasteiger partial charge >= 0.3 is 0 Å². The third-order valence-electron chi connectivity index (χ3n) is 4.26. The summed E-state index contributed by atoms with van der Waals surface area (Å²) in [6.07, 6.45) is 2.38. The summed E-state index contributed by atoms with van der Waals surface area (Å²) in [6.45, 7) is 4.91. The largest absolute Gasteiger partial charge is 0.384 e. The molecule has 1 aromatic carbocycles. The predicted molar refractivity (Wildman–Crippen MR) is 79.2 cm³/mol. The van der Waals surface area contributed by atoms with Crippen molar-refractivity contribution in [2.45, 2.75) is 31.4 Å². The second-order valence-corrected chi connectivity index (χ2v) is 6.09. The molecule has 0 aromatic heterocycles. The predicted octanol–water partition coefficient (Wildman–Crippen LogP) is 1.92. The Kier molecular flexibility index (Phi) is 4.61. The topological polar surface area (TPSA) is 26.7 Å². The zero-order chi connectivity index (χ0) is 13.9. The number of benzene rings is 1. The van der Waals surface area contributed by atoms with Crippen LogP contribution < -0.4 is 0 Å². The average molecular weight is 262 g/mol. The van der Waals surface area contributed by atoms with Crippen LogP contribution in [0.3, 0.4) is 0 Å². The van der Waals surface area contributed by atoms with Gasteiger partial charge in [-0.05, 0) is 52.5 Å². The van der Waals surface area contributed by atoms with E-state index in [0.29, 0.717) is 12.6 Å². The van der Waals surface area contributed by atoms with Gasteiger partial charge in [-0.3, -0.25) is 0 Å². The van der Waals surface area contributed by atoms with Crippen molar-refractivity contribution in [3.05, 3.63) is 35.9 Å². The Bertz CT molecular complexity index is 383. The highest BCUT2D eigenvalue weighted by Gasteiger charge is 2.29. The van der Waals surface area contributed by atoms with Crippen molar-refractivity contribution in [1.29, 1.82) is 0 Å². The van der Waals surface area contributed by atoms with E-state index in [1.807, 2.05) is 37.3 Å². The smallest absolute Gasteiger partial charge is 0.0994 e. The molecule has 1 heterocycles. The maximum atomic E-state index is 10.7. The van der Waals surface area contributed by atoms with E-state index >= 15 is 0 Å². The molecule has 1 unspecified atom stereocenters. The molecule has 1 N–H and O–H groups in total. The summed E-state index contributed by atoms with van der Waals surface area (Å²) in [5.41, 5.74) is 0.217. The van der Waals surface area contributed by atoms with Gasteiger partial charge in [0.15, 0.2) is 0 Å².